The van der Waals surface area contributed by atoms with Crippen molar-refractivity contribution in [1.29, 1.82) is 0 Å². The molecule has 14 nitrogen and oxygen atoms in total. The average molecular weight is 449 g/mol. The van der Waals surface area contributed by atoms with E-state index in [1.807, 2.05) is 18.2 Å². The second-order valence-electron chi connectivity index (χ2n) is 6.20. The second kappa shape index (κ2) is 9.48. The van der Waals surface area contributed by atoms with Crippen molar-refractivity contribution in [3.63, 3.8) is 0 Å². The molecular weight excluding hydrogens is 428 g/mol. The van der Waals surface area contributed by atoms with E-state index in [0.717, 1.165) is 5.32 Å². The maximum Gasteiger partial charge on any atom is 0.332 e. The van der Waals surface area contributed by atoms with Gasteiger partial charge in [0.2, 0.25) is 5.69 Å². The van der Waals surface area contributed by atoms with E-state index in [9.17, 15) is 40.2 Å². The molecule has 3 rings (SSSR count). The lowest BCUT2D eigenvalue weighted by atomic mass is 10.2. The van der Waals surface area contributed by atoms with E-state index < -0.39 is 44.6 Å². The molecule has 0 aliphatic heterocycles. The van der Waals surface area contributed by atoms with Crippen LogP contribution in [0.15, 0.2) is 47.3 Å². The highest BCUT2D eigenvalue weighted by atomic mass is 16.6. The largest absolute Gasteiger partial charge is 0.863 e. The summed E-state index contributed by atoms with van der Waals surface area (Å²) in [5.41, 5.74) is -2.01. The number of benzene rings is 2. The molecule has 2 N–H and O–H groups in total. The summed E-state index contributed by atoms with van der Waals surface area (Å²) < 4.78 is 24.9. The van der Waals surface area contributed by atoms with Gasteiger partial charge in [0.15, 0.2) is 0 Å². The number of nitrogens with zero attached hydrogens (tertiary/aromatic N) is 5. The van der Waals surface area contributed by atoms with Crippen LogP contribution < -0.4 is 16.0 Å². The molecule has 0 saturated heterocycles. The van der Waals surface area contributed by atoms with Crippen LogP contribution in [-0.2, 0) is 7.05 Å². The van der Waals surface area contributed by atoms with Crippen LogP contribution in [0.2, 0.25) is 0 Å². The summed E-state index contributed by atoms with van der Waals surface area (Å²) in [4.78, 5) is 39.9. The van der Waals surface area contributed by atoms with Crippen molar-refractivity contribution in [2.45, 2.75) is 6.92 Å². The summed E-state index contributed by atoms with van der Waals surface area (Å²) in [6, 6.07) is 9.90. The zero-order valence-electron chi connectivity index (χ0n) is 19.6. The molecule has 0 amide bonds. The van der Waals surface area contributed by atoms with E-state index in [4.69, 9.17) is 4.11 Å². The minimum atomic E-state index is -2.26. The van der Waals surface area contributed by atoms with Crippen LogP contribution in [0.3, 0.4) is 0 Å². The third-order valence-corrected chi connectivity index (χ3v) is 4.38. The summed E-state index contributed by atoms with van der Waals surface area (Å²) in [6.07, 6.45) is 0. The van der Waals surface area contributed by atoms with E-state index in [1.165, 1.54) is 4.68 Å². The van der Waals surface area contributed by atoms with Gasteiger partial charge in [0.05, 0.1) is 55.1 Å². The first kappa shape index (κ1) is 19.4. The molecule has 168 valence electrons. The molecule has 0 spiro atoms. The molecule has 0 fully saturated rings. The monoisotopic (exact) mass is 449 g/mol. The molecule has 1 heterocycles. The van der Waals surface area contributed by atoms with Gasteiger partial charge in [-0.3, -0.25) is 39.8 Å². The van der Waals surface area contributed by atoms with E-state index in [2.05, 4.69) is 0 Å². The highest BCUT2D eigenvalue weighted by molar-refractivity contribution is 5.64. The average Bonchev–Trinajstić information content (AvgIpc) is 2.96. The molecule has 14 heteroatoms. The van der Waals surface area contributed by atoms with Crippen LogP contribution in [0.25, 0.3) is 5.69 Å². The highest BCUT2D eigenvalue weighted by Gasteiger charge is 2.24. The lowest BCUT2D eigenvalue weighted by Crippen LogP contribution is -2.75. The Hall–Kier alpha value is -4.59. The van der Waals surface area contributed by atoms with Gasteiger partial charge in [-0.2, -0.15) is 0 Å². The molecule has 3 aromatic rings. The number of non-ortho nitro benzene ring substituents is 1. The Morgan fingerprint density at radius 2 is 1.50 bits per heavy atom. The lowest BCUT2D eigenvalue weighted by Gasteiger charge is -2.06. The van der Waals surface area contributed by atoms with Crippen molar-refractivity contribution in [1.82, 2.24) is 9.36 Å². The fourth-order valence-corrected chi connectivity index (χ4v) is 2.72. The van der Waals surface area contributed by atoms with Crippen LogP contribution in [-0.4, -0.2) is 31.1 Å². The predicted octanol–water partition coefficient (Wildman–Crippen LogP) is 0.794. The number of nitro groups is 3. The fraction of sp³-hybridized carbons (Fsp3) is 0.167. The van der Waals surface area contributed by atoms with E-state index in [1.54, 1.807) is 30.8 Å². The van der Waals surface area contributed by atoms with Gasteiger partial charge in [-0.25, -0.2) is 4.68 Å². The normalized spacial score (nSPS) is 12.0. The van der Waals surface area contributed by atoms with Crippen LogP contribution in [0, 0.1) is 37.3 Å². The number of para-hydroxylation sites is 1. The molecule has 0 radical (unpaired) electrons. The number of hydrogen-bond donors (Lipinski definition) is 1. The van der Waals surface area contributed by atoms with Gasteiger partial charge in [0.1, 0.15) is 0 Å². The topological polar surface area (TPSA) is 196 Å². The maximum atomic E-state index is 12.3. The molecule has 2 aromatic carbocycles. The first-order chi connectivity index (χ1) is 16.2. The SMILES string of the molecule is O=[N+]([O-])c1cc([N+](=O)[O-])c([O-])c([N+](=O)[O-])c1.[2H]C([2H])([2H])[NH2+]c1c(C)n(C)n(-c2ccccc2)c1=O. The van der Waals surface area contributed by atoms with Crippen LogP contribution in [0.5, 0.6) is 5.75 Å². The third kappa shape index (κ3) is 4.59. The van der Waals surface area contributed by atoms with Crippen molar-refractivity contribution in [2.24, 2.45) is 7.05 Å². The van der Waals surface area contributed by atoms with Crippen molar-refractivity contribution in [2.75, 3.05) is 6.98 Å². The molecule has 32 heavy (non-hydrogen) atoms. The summed E-state index contributed by atoms with van der Waals surface area (Å²) in [6.45, 7) is -0.530. The highest BCUT2D eigenvalue weighted by Crippen LogP contribution is 2.36. The first-order valence-corrected chi connectivity index (χ1v) is 8.64. The molecule has 0 saturated carbocycles. The number of aromatic nitrogens is 2. The Labute approximate surface area is 183 Å². The zero-order valence-corrected chi connectivity index (χ0v) is 16.6. The predicted molar refractivity (Wildman–Crippen MR) is 109 cm³/mol. The second-order valence-corrected chi connectivity index (χ2v) is 6.20. The first-order valence-electron chi connectivity index (χ1n) is 10.1. The molecule has 0 atom stereocenters. The van der Waals surface area contributed by atoms with Gasteiger partial charge in [0, 0.05) is 7.05 Å². The van der Waals surface area contributed by atoms with Gasteiger partial charge in [-0.15, -0.1) is 0 Å². The number of hydrogen-bond acceptors (Lipinski definition) is 8. The zero-order chi connectivity index (χ0) is 26.7. The summed E-state index contributed by atoms with van der Waals surface area (Å²) in [7, 11) is 1.74. The Morgan fingerprint density at radius 1 is 0.969 bits per heavy atom. The fourth-order valence-electron chi connectivity index (χ4n) is 2.72. The van der Waals surface area contributed by atoms with Gasteiger partial charge in [0.25, 0.3) is 17.1 Å². The summed E-state index contributed by atoms with van der Waals surface area (Å²) >= 11 is 0. The summed E-state index contributed by atoms with van der Waals surface area (Å²) in [5.74, 6) is -1.46. The Morgan fingerprint density at radius 3 is 1.94 bits per heavy atom. The molecular formula is C18H18N6O8. The minimum absolute atomic E-state index is 0.228. The minimum Gasteiger partial charge on any atom is -0.863 e. The van der Waals surface area contributed by atoms with Crippen LogP contribution in [0.1, 0.15) is 9.81 Å². The maximum absolute atomic E-state index is 12.3. The molecule has 1 aromatic heterocycles. The standard InChI is InChI=1S/C12H15N3O.C6H3N3O7/c1-9-11(13-2)12(16)15(14(9)3)10-7-5-4-6-8-10;10-6-4(8(13)14)1-3(7(11)12)2-5(6)9(15)16/h4-8,13H,1-3H3;1-2,10H/i2D3;. The lowest BCUT2D eigenvalue weighted by molar-refractivity contribution is -0.540. The Bertz CT molecular complexity index is 1320. The van der Waals surface area contributed by atoms with Crippen molar-refractivity contribution < 1.29 is 29.3 Å². The Kier molecular flexibility index (Phi) is 5.74. The molecule has 0 aliphatic carbocycles. The van der Waals surface area contributed by atoms with E-state index in [0.29, 0.717) is 23.5 Å². The van der Waals surface area contributed by atoms with E-state index >= 15 is 0 Å². The third-order valence-electron chi connectivity index (χ3n) is 4.38. The van der Waals surface area contributed by atoms with E-state index in [-0.39, 0.29) is 11.2 Å². The molecule has 0 unspecified atom stereocenters. The number of nitro benzene ring substituents is 3. The van der Waals surface area contributed by atoms with Gasteiger partial charge in [-0.05, 0) is 19.1 Å². The van der Waals surface area contributed by atoms with Crippen molar-refractivity contribution >= 4 is 22.7 Å². The molecule has 0 aliphatic rings. The number of quaternary nitrogens is 1. The molecule has 0 bridgehead atoms. The van der Waals surface area contributed by atoms with Gasteiger partial charge >= 0.3 is 5.56 Å². The van der Waals surface area contributed by atoms with Crippen molar-refractivity contribution in [3.05, 3.63) is 88.9 Å². The number of nitrogens with two attached hydrogens (primary N) is 1. The van der Waals surface area contributed by atoms with Crippen LogP contribution in [0.4, 0.5) is 22.7 Å². The smallest absolute Gasteiger partial charge is 0.332 e. The van der Waals surface area contributed by atoms with Gasteiger partial charge in [-0.1, -0.05) is 18.2 Å². The van der Waals surface area contributed by atoms with Crippen molar-refractivity contribution in [3.8, 4) is 11.4 Å². The Balaban J connectivity index is 0.000000251. The summed E-state index contributed by atoms with van der Waals surface area (Å²) in [5, 5.41) is 43.2. The van der Waals surface area contributed by atoms with Crippen LogP contribution >= 0.6 is 0 Å². The quantitative estimate of drug-likeness (QED) is 0.435. The van der Waals surface area contributed by atoms with Gasteiger partial charge < -0.3 is 10.4 Å². The number of rotatable bonds is 5.